The molecule has 4 nitrogen and oxygen atoms in total. The van der Waals surface area contributed by atoms with Gasteiger partial charge in [-0.15, -0.1) is 0 Å². The fraction of sp³-hybridized carbons (Fsp3) is 1.00. The molecule has 0 amide bonds. The minimum Gasteiger partial charge on any atom is -0.302 e. The molecule has 0 bridgehead atoms. The van der Waals surface area contributed by atoms with Crippen LogP contribution in [0.2, 0.25) is 0 Å². The van der Waals surface area contributed by atoms with Crippen LogP contribution in [0.1, 0.15) is 33.1 Å². The minimum atomic E-state index is -4.64. The van der Waals surface area contributed by atoms with Crippen LogP contribution >= 0.6 is 7.82 Å². The first-order chi connectivity index (χ1) is 7.20. The number of halogens is 3. The first-order valence-electron chi connectivity index (χ1n) is 4.92. The topological polar surface area (TPSA) is 55.8 Å². The molecule has 0 aliphatic heterocycles. The number of rotatable bonds is 7. The Morgan fingerprint density at radius 3 is 2.31 bits per heavy atom. The predicted molar refractivity (Wildman–Crippen MR) is 51.9 cm³/mol. The average Bonchev–Trinajstić information content (AvgIpc) is 2.13. The Bertz CT molecular complexity index is 244. The van der Waals surface area contributed by atoms with Crippen molar-refractivity contribution in [2.24, 2.45) is 0 Å². The third-order valence-corrected chi connectivity index (χ3v) is 2.76. The third-order valence-electron chi connectivity index (χ3n) is 1.74. The van der Waals surface area contributed by atoms with Gasteiger partial charge in [-0.25, -0.2) is 4.57 Å². The molecule has 0 rings (SSSR count). The second kappa shape index (κ2) is 6.59. The Labute approximate surface area is 92.4 Å². The maximum absolute atomic E-state index is 11.7. The van der Waals surface area contributed by atoms with Crippen molar-refractivity contribution in [3.8, 4) is 0 Å². The van der Waals surface area contributed by atoms with E-state index in [1.165, 1.54) is 0 Å². The molecule has 0 aromatic rings. The van der Waals surface area contributed by atoms with Crippen LogP contribution in [0.5, 0.6) is 0 Å². The van der Waals surface area contributed by atoms with Gasteiger partial charge in [-0.3, -0.25) is 9.05 Å². The molecule has 0 saturated carbocycles. The zero-order valence-corrected chi connectivity index (χ0v) is 10.1. The monoisotopic (exact) mass is 264 g/mol. The van der Waals surface area contributed by atoms with E-state index < -0.39 is 26.7 Å². The van der Waals surface area contributed by atoms with Crippen molar-refractivity contribution in [1.29, 1.82) is 0 Å². The summed E-state index contributed by atoms with van der Waals surface area (Å²) in [6.07, 6.45) is -3.56. The van der Waals surface area contributed by atoms with Gasteiger partial charge in [0.05, 0.1) is 6.10 Å². The lowest BCUT2D eigenvalue weighted by Crippen LogP contribution is -2.18. The molecule has 1 N–H and O–H groups in total. The van der Waals surface area contributed by atoms with Crippen LogP contribution in [-0.4, -0.2) is 23.8 Å². The molecular formula is C8H16F3O4P. The summed E-state index contributed by atoms with van der Waals surface area (Å²) in [6.45, 7) is 1.76. The molecule has 0 aromatic heterocycles. The molecule has 0 aliphatic rings. The molecule has 0 aliphatic carbocycles. The van der Waals surface area contributed by atoms with Gasteiger partial charge in [-0.1, -0.05) is 20.3 Å². The van der Waals surface area contributed by atoms with Gasteiger partial charge in [0.25, 0.3) is 0 Å². The molecular weight excluding hydrogens is 248 g/mol. The molecule has 2 unspecified atom stereocenters. The second-order valence-corrected chi connectivity index (χ2v) is 4.69. The van der Waals surface area contributed by atoms with Crippen LogP contribution in [0.25, 0.3) is 0 Å². The summed E-state index contributed by atoms with van der Waals surface area (Å²) < 4.78 is 54.8. The predicted octanol–water partition coefficient (Wildman–Crippen LogP) is 3.26. The van der Waals surface area contributed by atoms with Crippen LogP contribution < -0.4 is 0 Å². The van der Waals surface area contributed by atoms with Crippen molar-refractivity contribution in [3.05, 3.63) is 0 Å². The molecule has 0 aromatic carbocycles. The average molecular weight is 264 g/mol. The highest BCUT2D eigenvalue weighted by Crippen LogP contribution is 2.46. The smallest absolute Gasteiger partial charge is 0.302 e. The van der Waals surface area contributed by atoms with Gasteiger partial charge in [-0.2, -0.15) is 13.2 Å². The molecule has 8 heteroatoms. The summed E-state index contributed by atoms with van der Waals surface area (Å²) in [5.74, 6) is 0. The molecule has 0 spiro atoms. The second-order valence-electron chi connectivity index (χ2n) is 3.28. The lowest BCUT2D eigenvalue weighted by molar-refractivity contribution is -0.158. The highest BCUT2D eigenvalue weighted by molar-refractivity contribution is 7.47. The molecule has 0 heterocycles. The van der Waals surface area contributed by atoms with Crippen LogP contribution in [0.3, 0.4) is 0 Å². The summed E-state index contributed by atoms with van der Waals surface area (Å²) in [7, 11) is -4.61. The first-order valence-corrected chi connectivity index (χ1v) is 6.42. The van der Waals surface area contributed by atoms with Crippen molar-refractivity contribution >= 4 is 7.82 Å². The summed E-state index contributed by atoms with van der Waals surface area (Å²) in [6, 6.07) is 0. The van der Waals surface area contributed by atoms with E-state index in [2.05, 4.69) is 9.05 Å². The maximum atomic E-state index is 11.7. The van der Waals surface area contributed by atoms with E-state index in [-0.39, 0.29) is 0 Å². The van der Waals surface area contributed by atoms with Crippen LogP contribution in [0, 0.1) is 0 Å². The lowest BCUT2D eigenvalue weighted by atomic mass is 10.2. The van der Waals surface area contributed by atoms with Crippen molar-refractivity contribution < 1.29 is 31.7 Å². The van der Waals surface area contributed by atoms with Gasteiger partial charge in [-0.05, 0) is 12.8 Å². The largest absolute Gasteiger partial charge is 0.472 e. The number of alkyl halides is 3. The van der Waals surface area contributed by atoms with Crippen LogP contribution in [-0.2, 0) is 13.6 Å². The van der Waals surface area contributed by atoms with E-state index in [0.717, 1.165) is 0 Å². The summed E-state index contributed by atoms with van der Waals surface area (Å²) in [5.41, 5.74) is 0. The molecule has 0 radical (unpaired) electrons. The van der Waals surface area contributed by atoms with E-state index in [9.17, 15) is 17.7 Å². The van der Waals surface area contributed by atoms with Gasteiger partial charge >= 0.3 is 14.0 Å². The van der Waals surface area contributed by atoms with Gasteiger partial charge in [0.1, 0.15) is 0 Å². The SMILES string of the molecule is CCCC(CC)OP(=O)(O)OCC(F)(F)F. The van der Waals surface area contributed by atoms with Crippen molar-refractivity contribution in [1.82, 2.24) is 0 Å². The lowest BCUT2D eigenvalue weighted by Gasteiger charge is -2.19. The quantitative estimate of drug-likeness (QED) is 0.717. The normalized spacial score (nSPS) is 18.1. The van der Waals surface area contributed by atoms with Crippen LogP contribution in [0.4, 0.5) is 13.2 Å². The van der Waals surface area contributed by atoms with Crippen molar-refractivity contribution in [2.75, 3.05) is 6.61 Å². The molecule has 0 fully saturated rings. The number of hydrogen-bond acceptors (Lipinski definition) is 3. The summed E-state index contributed by atoms with van der Waals surface area (Å²) in [5, 5.41) is 0. The highest BCUT2D eigenvalue weighted by atomic mass is 31.2. The Morgan fingerprint density at radius 2 is 1.94 bits per heavy atom. The van der Waals surface area contributed by atoms with Gasteiger partial charge in [0.15, 0.2) is 6.61 Å². The first kappa shape index (κ1) is 15.9. The fourth-order valence-electron chi connectivity index (χ4n) is 1.03. The van der Waals surface area contributed by atoms with Crippen molar-refractivity contribution in [2.45, 2.75) is 45.4 Å². The van der Waals surface area contributed by atoms with Crippen molar-refractivity contribution in [3.63, 3.8) is 0 Å². The zero-order chi connectivity index (χ0) is 12.8. The van der Waals surface area contributed by atoms with E-state index >= 15 is 0 Å². The van der Waals surface area contributed by atoms with Crippen LogP contribution in [0.15, 0.2) is 0 Å². The molecule has 2 atom stereocenters. The molecule has 0 saturated heterocycles. The maximum Gasteiger partial charge on any atom is 0.472 e. The number of phosphoric ester groups is 1. The number of hydrogen-bond donors (Lipinski definition) is 1. The standard InChI is InChI=1S/C8H16F3O4P/c1-3-5-7(4-2)15-16(12,13)14-6-8(9,10)11/h7H,3-6H2,1-2H3,(H,12,13). The number of phosphoric acid groups is 1. The van der Waals surface area contributed by atoms with Gasteiger partial charge in [0, 0.05) is 0 Å². The summed E-state index contributed by atoms with van der Waals surface area (Å²) in [4.78, 5) is 9.02. The molecule has 16 heavy (non-hydrogen) atoms. The van der Waals surface area contributed by atoms with E-state index in [0.29, 0.717) is 19.3 Å². The Kier molecular flexibility index (Phi) is 6.55. The van der Waals surface area contributed by atoms with E-state index in [1.54, 1.807) is 6.92 Å². The Morgan fingerprint density at radius 1 is 1.38 bits per heavy atom. The fourth-order valence-corrected chi connectivity index (χ4v) is 2.03. The Hall–Kier alpha value is -0.100. The van der Waals surface area contributed by atoms with Gasteiger partial charge in [0.2, 0.25) is 0 Å². The summed E-state index contributed by atoms with van der Waals surface area (Å²) >= 11 is 0. The zero-order valence-electron chi connectivity index (χ0n) is 9.16. The van der Waals surface area contributed by atoms with Gasteiger partial charge < -0.3 is 4.89 Å². The highest BCUT2D eigenvalue weighted by Gasteiger charge is 2.34. The minimum absolute atomic E-state index is 0.438. The molecule has 98 valence electrons. The third kappa shape index (κ3) is 8.10. The van der Waals surface area contributed by atoms with E-state index in [1.807, 2.05) is 6.92 Å². The Balaban J connectivity index is 4.17. The van der Waals surface area contributed by atoms with E-state index in [4.69, 9.17) is 4.89 Å².